The summed E-state index contributed by atoms with van der Waals surface area (Å²) in [6.45, 7) is 4.76. The largest absolute Gasteiger partial charge is 0.497 e. The molecule has 1 amide bonds. The lowest BCUT2D eigenvalue weighted by atomic mass is 10.2. The topological polar surface area (TPSA) is 66.0 Å². The molecule has 6 heteroatoms. The Kier molecular flexibility index (Phi) is 8.46. The summed E-state index contributed by atoms with van der Waals surface area (Å²) in [6, 6.07) is 12.7. The van der Waals surface area contributed by atoms with E-state index < -0.39 is 0 Å². The number of nitrogens with one attached hydrogen (secondary N) is 1. The second kappa shape index (κ2) is 11.3. The lowest BCUT2D eigenvalue weighted by Crippen LogP contribution is -2.26. The smallest absolute Gasteiger partial charge is 0.244 e. The maximum absolute atomic E-state index is 12.0. The van der Waals surface area contributed by atoms with E-state index in [1.54, 1.807) is 44.6 Å². The van der Waals surface area contributed by atoms with Crippen molar-refractivity contribution in [3.05, 3.63) is 66.8 Å². The fourth-order valence-corrected chi connectivity index (χ4v) is 2.32. The predicted octanol–water partition coefficient (Wildman–Crippen LogP) is 3.48. The molecule has 1 N–H and O–H groups in total. The number of amides is 1. The Morgan fingerprint density at radius 3 is 2.61 bits per heavy atom. The van der Waals surface area contributed by atoms with Crippen molar-refractivity contribution in [2.75, 3.05) is 34.0 Å². The van der Waals surface area contributed by atoms with Gasteiger partial charge < -0.3 is 24.3 Å². The van der Waals surface area contributed by atoms with Crippen LogP contribution in [-0.2, 0) is 4.79 Å². The third-order valence-corrected chi connectivity index (χ3v) is 3.68. The summed E-state index contributed by atoms with van der Waals surface area (Å²) in [5.41, 5.74) is 0.825. The Morgan fingerprint density at radius 2 is 1.86 bits per heavy atom. The number of benzene rings is 2. The molecule has 0 aliphatic carbocycles. The van der Waals surface area contributed by atoms with Crippen molar-refractivity contribution >= 4 is 12.0 Å². The number of carbonyl (C=O) groups excluding carboxylic acids is 1. The van der Waals surface area contributed by atoms with Crippen LogP contribution in [0.3, 0.4) is 0 Å². The van der Waals surface area contributed by atoms with Crippen LogP contribution in [0.15, 0.2) is 61.2 Å². The molecule has 148 valence electrons. The Hall–Kier alpha value is -3.41. The van der Waals surface area contributed by atoms with Crippen molar-refractivity contribution in [3.8, 4) is 23.0 Å². The van der Waals surface area contributed by atoms with E-state index in [0.29, 0.717) is 37.0 Å². The summed E-state index contributed by atoms with van der Waals surface area (Å²) in [7, 11) is 3.17. The number of hydrogen-bond acceptors (Lipinski definition) is 5. The van der Waals surface area contributed by atoms with Crippen LogP contribution in [0.25, 0.3) is 6.08 Å². The Morgan fingerprint density at radius 1 is 1.04 bits per heavy atom. The molecular weight excluding hydrogens is 358 g/mol. The molecule has 0 atom stereocenters. The number of methoxy groups -OCH3 is 2. The number of ether oxygens (including phenoxy) is 4. The Labute approximate surface area is 165 Å². The second-order valence-electron chi connectivity index (χ2n) is 5.66. The number of carbonyl (C=O) groups is 1. The third-order valence-electron chi connectivity index (χ3n) is 3.68. The van der Waals surface area contributed by atoms with E-state index in [9.17, 15) is 4.79 Å². The lowest BCUT2D eigenvalue weighted by Gasteiger charge is -2.09. The van der Waals surface area contributed by atoms with E-state index >= 15 is 0 Å². The summed E-state index contributed by atoms with van der Waals surface area (Å²) >= 11 is 0. The van der Waals surface area contributed by atoms with Gasteiger partial charge in [-0.3, -0.25) is 4.79 Å². The first kappa shape index (κ1) is 20.9. The van der Waals surface area contributed by atoms with Crippen LogP contribution < -0.4 is 24.3 Å². The number of rotatable bonds is 11. The predicted molar refractivity (Wildman–Crippen MR) is 109 cm³/mol. The third kappa shape index (κ3) is 6.72. The van der Waals surface area contributed by atoms with Crippen LogP contribution >= 0.6 is 0 Å². The zero-order valence-electron chi connectivity index (χ0n) is 16.1. The van der Waals surface area contributed by atoms with Gasteiger partial charge in [-0.15, -0.1) is 0 Å². The van der Waals surface area contributed by atoms with Crippen molar-refractivity contribution in [3.63, 3.8) is 0 Å². The SMILES string of the molecule is C=CCOc1ccc(/C=C/C(=O)NCCOc2cccc(OC)c2)cc1OC. The molecule has 6 nitrogen and oxygen atoms in total. The van der Waals surface area contributed by atoms with E-state index in [0.717, 1.165) is 11.3 Å². The molecule has 0 saturated heterocycles. The summed E-state index contributed by atoms with van der Waals surface area (Å²) in [5.74, 6) is 2.42. The molecule has 0 heterocycles. The minimum atomic E-state index is -0.208. The van der Waals surface area contributed by atoms with Gasteiger partial charge in [-0.25, -0.2) is 0 Å². The van der Waals surface area contributed by atoms with E-state index in [-0.39, 0.29) is 5.91 Å². The van der Waals surface area contributed by atoms with Gasteiger partial charge in [-0.2, -0.15) is 0 Å². The van der Waals surface area contributed by atoms with Crippen LogP contribution in [-0.4, -0.2) is 39.9 Å². The average Bonchev–Trinajstić information content (AvgIpc) is 2.74. The summed E-state index contributed by atoms with van der Waals surface area (Å²) in [6.07, 6.45) is 4.83. The minimum absolute atomic E-state index is 0.208. The van der Waals surface area contributed by atoms with Crippen LogP contribution in [0.1, 0.15) is 5.56 Å². The number of hydrogen-bond donors (Lipinski definition) is 1. The molecule has 2 aromatic carbocycles. The summed E-state index contributed by atoms with van der Waals surface area (Å²) < 4.78 is 21.5. The zero-order chi connectivity index (χ0) is 20.2. The van der Waals surface area contributed by atoms with E-state index in [1.165, 1.54) is 6.08 Å². The van der Waals surface area contributed by atoms with E-state index in [1.807, 2.05) is 24.3 Å². The molecule has 0 spiro atoms. The average molecular weight is 383 g/mol. The zero-order valence-corrected chi connectivity index (χ0v) is 16.1. The molecule has 0 bridgehead atoms. The molecule has 0 radical (unpaired) electrons. The first-order chi connectivity index (χ1) is 13.7. The van der Waals surface area contributed by atoms with Gasteiger partial charge in [0.15, 0.2) is 11.5 Å². The van der Waals surface area contributed by atoms with Gasteiger partial charge in [0, 0.05) is 12.1 Å². The van der Waals surface area contributed by atoms with Crippen LogP contribution in [0.2, 0.25) is 0 Å². The standard InChI is InChI=1S/C22H25NO5/c1-4-13-28-20-10-8-17(15-21(20)26-3)9-11-22(24)23-12-14-27-19-7-5-6-18(16-19)25-2/h4-11,15-16H,1,12-14H2,2-3H3,(H,23,24)/b11-9+. The fraction of sp³-hybridized carbons (Fsp3) is 0.227. The highest BCUT2D eigenvalue weighted by molar-refractivity contribution is 5.91. The molecule has 0 fully saturated rings. The minimum Gasteiger partial charge on any atom is -0.497 e. The Balaban J connectivity index is 1.80. The highest BCUT2D eigenvalue weighted by atomic mass is 16.5. The van der Waals surface area contributed by atoms with E-state index in [4.69, 9.17) is 18.9 Å². The van der Waals surface area contributed by atoms with Crippen LogP contribution in [0.5, 0.6) is 23.0 Å². The van der Waals surface area contributed by atoms with Gasteiger partial charge >= 0.3 is 0 Å². The van der Waals surface area contributed by atoms with Crippen molar-refractivity contribution in [2.24, 2.45) is 0 Å². The second-order valence-corrected chi connectivity index (χ2v) is 5.66. The van der Waals surface area contributed by atoms with Gasteiger partial charge in [-0.1, -0.05) is 24.8 Å². The molecule has 0 aliphatic rings. The fourth-order valence-electron chi connectivity index (χ4n) is 2.32. The Bertz CT molecular complexity index is 816. The molecule has 2 aromatic rings. The van der Waals surface area contributed by atoms with E-state index in [2.05, 4.69) is 11.9 Å². The molecule has 0 aliphatic heterocycles. The highest BCUT2D eigenvalue weighted by Gasteiger charge is 2.04. The van der Waals surface area contributed by atoms with Crippen molar-refractivity contribution in [1.29, 1.82) is 0 Å². The van der Waals surface area contributed by atoms with Gasteiger partial charge in [0.25, 0.3) is 0 Å². The normalized spacial score (nSPS) is 10.4. The molecule has 0 aromatic heterocycles. The first-order valence-corrected chi connectivity index (χ1v) is 8.80. The van der Waals surface area contributed by atoms with Crippen LogP contribution in [0.4, 0.5) is 0 Å². The summed E-state index contributed by atoms with van der Waals surface area (Å²) in [4.78, 5) is 12.0. The molecule has 2 rings (SSSR count). The monoisotopic (exact) mass is 383 g/mol. The molecule has 0 saturated carbocycles. The van der Waals surface area contributed by atoms with Gasteiger partial charge in [0.05, 0.1) is 20.8 Å². The van der Waals surface area contributed by atoms with Crippen molar-refractivity contribution in [1.82, 2.24) is 5.32 Å². The quantitative estimate of drug-likeness (QED) is 0.366. The first-order valence-electron chi connectivity index (χ1n) is 8.80. The van der Waals surface area contributed by atoms with Crippen LogP contribution in [0, 0.1) is 0 Å². The van der Waals surface area contributed by atoms with Gasteiger partial charge in [-0.05, 0) is 35.9 Å². The summed E-state index contributed by atoms with van der Waals surface area (Å²) in [5, 5.41) is 2.77. The highest BCUT2D eigenvalue weighted by Crippen LogP contribution is 2.28. The molecule has 0 unspecified atom stereocenters. The van der Waals surface area contributed by atoms with Crippen molar-refractivity contribution in [2.45, 2.75) is 0 Å². The maximum atomic E-state index is 12.0. The lowest BCUT2D eigenvalue weighted by molar-refractivity contribution is -0.116. The van der Waals surface area contributed by atoms with Gasteiger partial charge in [0.2, 0.25) is 5.91 Å². The maximum Gasteiger partial charge on any atom is 0.244 e. The van der Waals surface area contributed by atoms with Gasteiger partial charge in [0.1, 0.15) is 24.7 Å². The molecular formula is C22H25NO5. The molecule has 28 heavy (non-hydrogen) atoms. The van der Waals surface area contributed by atoms with Crippen molar-refractivity contribution < 1.29 is 23.7 Å².